The van der Waals surface area contributed by atoms with Crippen molar-refractivity contribution in [2.75, 3.05) is 26.4 Å². The summed E-state index contributed by atoms with van der Waals surface area (Å²) in [4.78, 5) is 0. The monoisotopic (exact) mass is 342 g/mol. The minimum atomic E-state index is 0.136. The van der Waals surface area contributed by atoms with E-state index in [0.717, 1.165) is 26.2 Å². The van der Waals surface area contributed by atoms with Gasteiger partial charge in [-0.15, -0.1) is 0 Å². The third-order valence-electron chi connectivity index (χ3n) is 5.42. The van der Waals surface area contributed by atoms with Crippen molar-refractivity contribution < 1.29 is 14.2 Å². The van der Waals surface area contributed by atoms with E-state index in [1.807, 2.05) is 0 Å². The van der Waals surface area contributed by atoms with Crippen molar-refractivity contribution in [2.45, 2.75) is 97.7 Å². The number of hydrogen-bond donors (Lipinski definition) is 0. The van der Waals surface area contributed by atoms with Gasteiger partial charge in [0.1, 0.15) is 6.10 Å². The Morgan fingerprint density at radius 2 is 1.54 bits per heavy atom. The molecule has 0 aromatic rings. The van der Waals surface area contributed by atoms with Crippen LogP contribution in [0.1, 0.15) is 85.5 Å². The summed E-state index contributed by atoms with van der Waals surface area (Å²) in [5.41, 5.74) is 0. The molecule has 4 atom stereocenters. The quantitative estimate of drug-likeness (QED) is 0.387. The van der Waals surface area contributed by atoms with Crippen molar-refractivity contribution in [3.05, 3.63) is 0 Å². The number of rotatable bonds is 15. The standard InChI is InChI=1S/C21H42O3/c1-5-9-11-18(7-3)15-22-17-21-20(13-14-23-21)24-16-19(8-4)12-10-6-2/h18-21H,5-17H2,1-4H3/t18?,19?,20?,21-/m1/s1. The van der Waals surface area contributed by atoms with Gasteiger partial charge >= 0.3 is 0 Å². The minimum absolute atomic E-state index is 0.136. The molecule has 0 bridgehead atoms. The van der Waals surface area contributed by atoms with Crippen LogP contribution in [0.25, 0.3) is 0 Å². The van der Waals surface area contributed by atoms with Gasteiger partial charge < -0.3 is 14.2 Å². The molecule has 0 aromatic heterocycles. The lowest BCUT2D eigenvalue weighted by atomic mass is 10.0. The van der Waals surface area contributed by atoms with Crippen molar-refractivity contribution in [2.24, 2.45) is 11.8 Å². The smallest absolute Gasteiger partial charge is 0.107 e. The van der Waals surface area contributed by atoms with E-state index in [1.165, 1.54) is 51.4 Å². The molecule has 1 saturated heterocycles. The van der Waals surface area contributed by atoms with Gasteiger partial charge in [0.25, 0.3) is 0 Å². The van der Waals surface area contributed by atoms with Gasteiger partial charge in [-0.25, -0.2) is 0 Å². The highest BCUT2D eigenvalue weighted by Crippen LogP contribution is 2.21. The van der Waals surface area contributed by atoms with Crippen LogP contribution in [-0.2, 0) is 14.2 Å². The third kappa shape index (κ3) is 8.82. The SMILES string of the molecule is CCCCC(CC)COC[C@H]1OCCC1OCC(CC)CCCC. The Hall–Kier alpha value is -0.120. The zero-order valence-corrected chi connectivity index (χ0v) is 16.7. The number of ether oxygens (including phenoxy) is 3. The van der Waals surface area contributed by atoms with Gasteiger partial charge in [0.2, 0.25) is 0 Å². The second-order valence-electron chi connectivity index (χ2n) is 7.44. The van der Waals surface area contributed by atoms with Gasteiger partial charge in [0, 0.05) is 19.8 Å². The molecule has 1 rings (SSSR count). The van der Waals surface area contributed by atoms with Crippen LogP contribution in [0.4, 0.5) is 0 Å². The van der Waals surface area contributed by atoms with E-state index < -0.39 is 0 Å². The van der Waals surface area contributed by atoms with Gasteiger partial charge in [-0.3, -0.25) is 0 Å². The Balaban J connectivity index is 2.24. The molecule has 0 saturated carbocycles. The zero-order chi connectivity index (χ0) is 17.6. The van der Waals surface area contributed by atoms with Gasteiger partial charge in [-0.1, -0.05) is 66.2 Å². The van der Waals surface area contributed by atoms with Crippen LogP contribution in [0, 0.1) is 11.8 Å². The molecule has 0 aliphatic carbocycles. The molecule has 0 N–H and O–H groups in total. The minimum Gasteiger partial charge on any atom is -0.378 e. The zero-order valence-electron chi connectivity index (χ0n) is 16.7. The Labute approximate surface area is 150 Å². The Morgan fingerprint density at radius 1 is 0.917 bits per heavy atom. The van der Waals surface area contributed by atoms with Gasteiger partial charge in [-0.2, -0.15) is 0 Å². The maximum absolute atomic E-state index is 6.21. The Kier molecular flexibility index (Phi) is 12.9. The first-order valence-electron chi connectivity index (χ1n) is 10.6. The van der Waals surface area contributed by atoms with E-state index >= 15 is 0 Å². The van der Waals surface area contributed by atoms with Crippen LogP contribution in [0.3, 0.4) is 0 Å². The third-order valence-corrected chi connectivity index (χ3v) is 5.42. The molecule has 24 heavy (non-hydrogen) atoms. The predicted molar refractivity (Wildman–Crippen MR) is 102 cm³/mol. The summed E-state index contributed by atoms with van der Waals surface area (Å²) in [6, 6.07) is 0. The summed E-state index contributed by atoms with van der Waals surface area (Å²) >= 11 is 0. The summed E-state index contributed by atoms with van der Waals surface area (Å²) in [5, 5.41) is 0. The van der Waals surface area contributed by atoms with Crippen LogP contribution in [-0.4, -0.2) is 38.6 Å². The largest absolute Gasteiger partial charge is 0.378 e. The summed E-state index contributed by atoms with van der Waals surface area (Å²) in [6.45, 7) is 12.3. The van der Waals surface area contributed by atoms with Crippen LogP contribution < -0.4 is 0 Å². The topological polar surface area (TPSA) is 27.7 Å². The lowest BCUT2D eigenvalue weighted by molar-refractivity contribution is -0.0640. The molecule has 1 heterocycles. The van der Waals surface area contributed by atoms with E-state index in [0.29, 0.717) is 18.4 Å². The van der Waals surface area contributed by atoms with Gasteiger partial charge in [-0.05, 0) is 31.1 Å². The fraction of sp³-hybridized carbons (Fsp3) is 1.00. The average molecular weight is 343 g/mol. The van der Waals surface area contributed by atoms with E-state index in [-0.39, 0.29) is 12.2 Å². The van der Waals surface area contributed by atoms with Crippen molar-refractivity contribution in [1.29, 1.82) is 0 Å². The average Bonchev–Trinajstić information content (AvgIpc) is 3.05. The molecular weight excluding hydrogens is 300 g/mol. The number of unbranched alkanes of at least 4 members (excludes halogenated alkanes) is 2. The van der Waals surface area contributed by atoms with E-state index in [4.69, 9.17) is 14.2 Å². The predicted octanol–water partition coefficient (Wildman–Crippen LogP) is 5.61. The second kappa shape index (κ2) is 14.1. The van der Waals surface area contributed by atoms with Gasteiger partial charge in [0.05, 0.1) is 12.7 Å². The first kappa shape index (κ1) is 21.9. The molecule has 0 amide bonds. The lowest BCUT2D eigenvalue weighted by Crippen LogP contribution is -2.31. The van der Waals surface area contributed by atoms with E-state index in [9.17, 15) is 0 Å². The molecule has 1 aliphatic rings. The lowest BCUT2D eigenvalue weighted by Gasteiger charge is -2.23. The first-order chi connectivity index (χ1) is 11.7. The molecule has 0 spiro atoms. The molecule has 0 radical (unpaired) electrons. The van der Waals surface area contributed by atoms with Gasteiger partial charge in [0.15, 0.2) is 0 Å². The summed E-state index contributed by atoms with van der Waals surface area (Å²) < 4.78 is 18.1. The van der Waals surface area contributed by atoms with E-state index in [1.54, 1.807) is 0 Å². The fourth-order valence-corrected chi connectivity index (χ4v) is 3.38. The maximum Gasteiger partial charge on any atom is 0.107 e. The van der Waals surface area contributed by atoms with Crippen LogP contribution >= 0.6 is 0 Å². The summed E-state index contributed by atoms with van der Waals surface area (Å²) in [7, 11) is 0. The first-order valence-corrected chi connectivity index (χ1v) is 10.6. The molecule has 1 aliphatic heterocycles. The summed E-state index contributed by atoms with van der Waals surface area (Å²) in [6.07, 6.45) is 11.6. The van der Waals surface area contributed by atoms with E-state index in [2.05, 4.69) is 27.7 Å². The Morgan fingerprint density at radius 3 is 2.12 bits per heavy atom. The molecule has 3 heteroatoms. The molecule has 3 nitrogen and oxygen atoms in total. The number of hydrogen-bond acceptors (Lipinski definition) is 3. The second-order valence-corrected chi connectivity index (χ2v) is 7.44. The van der Waals surface area contributed by atoms with Crippen LogP contribution in [0.2, 0.25) is 0 Å². The van der Waals surface area contributed by atoms with Crippen LogP contribution in [0.15, 0.2) is 0 Å². The Bertz CT molecular complexity index is 282. The highest BCUT2D eigenvalue weighted by atomic mass is 16.6. The summed E-state index contributed by atoms with van der Waals surface area (Å²) in [5.74, 6) is 1.40. The van der Waals surface area contributed by atoms with Crippen LogP contribution in [0.5, 0.6) is 0 Å². The van der Waals surface area contributed by atoms with Crippen molar-refractivity contribution in [3.63, 3.8) is 0 Å². The fourth-order valence-electron chi connectivity index (χ4n) is 3.38. The molecule has 0 aromatic carbocycles. The molecule has 144 valence electrons. The highest BCUT2D eigenvalue weighted by molar-refractivity contribution is 4.77. The molecule has 3 unspecified atom stereocenters. The van der Waals surface area contributed by atoms with Crippen molar-refractivity contribution in [1.82, 2.24) is 0 Å². The molecule has 1 fully saturated rings. The normalized spacial score (nSPS) is 23.5. The molecular formula is C21H42O3. The maximum atomic E-state index is 6.21. The van der Waals surface area contributed by atoms with Crippen molar-refractivity contribution in [3.8, 4) is 0 Å². The van der Waals surface area contributed by atoms with Crippen molar-refractivity contribution >= 4 is 0 Å². The highest BCUT2D eigenvalue weighted by Gasteiger charge is 2.30.